The van der Waals surface area contributed by atoms with Crippen LogP contribution in [0.25, 0.3) is 0 Å². The van der Waals surface area contributed by atoms with Gasteiger partial charge in [-0.3, -0.25) is 0 Å². The number of aromatic carboxylic acids is 1. The van der Waals surface area contributed by atoms with Crippen molar-refractivity contribution in [1.29, 1.82) is 0 Å². The number of carboxylic acid groups (broad SMARTS) is 1. The number of carbonyl (C=O) groups is 1. The summed E-state index contributed by atoms with van der Waals surface area (Å²) in [5.74, 6) is 0.582. The minimum absolute atomic E-state index is 0.339. The van der Waals surface area contributed by atoms with E-state index in [1.807, 2.05) is 12.1 Å². The van der Waals surface area contributed by atoms with E-state index in [0.29, 0.717) is 17.5 Å². The van der Waals surface area contributed by atoms with Crippen molar-refractivity contribution in [2.75, 3.05) is 5.32 Å². The molecule has 0 aliphatic heterocycles. The molecule has 98 valence electrons. The van der Waals surface area contributed by atoms with Gasteiger partial charge in [0.25, 0.3) is 0 Å². The summed E-state index contributed by atoms with van der Waals surface area (Å²) in [4.78, 5) is 10.8. The van der Waals surface area contributed by atoms with Crippen LogP contribution in [0.15, 0.2) is 24.3 Å². The van der Waals surface area contributed by atoms with E-state index in [1.54, 1.807) is 12.1 Å². The second kappa shape index (κ2) is 5.42. The van der Waals surface area contributed by atoms with E-state index < -0.39 is 5.97 Å². The molecular formula is C15H21NO2. The molecule has 0 radical (unpaired) electrons. The number of carboxylic acids is 1. The molecule has 1 fully saturated rings. The highest BCUT2D eigenvalue weighted by atomic mass is 16.4. The number of anilines is 1. The molecular weight excluding hydrogens is 226 g/mol. The van der Waals surface area contributed by atoms with Gasteiger partial charge in [0, 0.05) is 11.7 Å². The second-order valence-electron chi connectivity index (χ2n) is 5.53. The van der Waals surface area contributed by atoms with Gasteiger partial charge in [0.2, 0.25) is 0 Å². The van der Waals surface area contributed by atoms with Crippen LogP contribution in [0, 0.1) is 11.8 Å². The Balaban J connectivity index is 2.02. The first-order valence-corrected chi connectivity index (χ1v) is 6.66. The minimum atomic E-state index is -0.874. The van der Waals surface area contributed by atoms with E-state index >= 15 is 0 Å². The third-order valence-corrected chi connectivity index (χ3v) is 3.94. The van der Waals surface area contributed by atoms with Crippen LogP contribution in [0.4, 0.5) is 5.69 Å². The Hall–Kier alpha value is -1.51. The number of nitrogens with one attached hydrogen (secondary N) is 1. The highest BCUT2D eigenvalue weighted by Crippen LogP contribution is 2.30. The number of benzene rings is 1. The van der Waals surface area contributed by atoms with Gasteiger partial charge in [-0.2, -0.15) is 0 Å². The molecule has 0 aromatic heterocycles. The van der Waals surface area contributed by atoms with Crippen molar-refractivity contribution in [1.82, 2.24) is 0 Å². The van der Waals surface area contributed by atoms with Crippen LogP contribution in [-0.2, 0) is 0 Å². The molecule has 1 aliphatic rings. The Bertz CT molecular complexity index is 413. The molecule has 2 N–H and O–H groups in total. The van der Waals surface area contributed by atoms with Crippen LogP contribution in [0.3, 0.4) is 0 Å². The molecule has 0 saturated heterocycles. The van der Waals surface area contributed by atoms with Crippen molar-refractivity contribution in [2.45, 2.75) is 39.2 Å². The molecule has 3 heteroatoms. The lowest BCUT2D eigenvalue weighted by atomic mass is 9.80. The monoisotopic (exact) mass is 247 g/mol. The Labute approximate surface area is 108 Å². The average molecular weight is 247 g/mol. The maximum atomic E-state index is 10.8. The van der Waals surface area contributed by atoms with Crippen LogP contribution in [-0.4, -0.2) is 17.1 Å². The summed E-state index contributed by atoms with van der Waals surface area (Å²) in [6, 6.07) is 7.53. The van der Waals surface area contributed by atoms with Crippen molar-refractivity contribution in [3.05, 3.63) is 29.8 Å². The first-order chi connectivity index (χ1) is 8.56. The molecule has 18 heavy (non-hydrogen) atoms. The fourth-order valence-electron chi connectivity index (χ4n) is 2.66. The number of hydrogen-bond acceptors (Lipinski definition) is 2. The fourth-order valence-corrected chi connectivity index (χ4v) is 2.66. The number of rotatable bonds is 3. The fraction of sp³-hybridized carbons (Fsp3) is 0.533. The van der Waals surface area contributed by atoms with Gasteiger partial charge >= 0.3 is 5.97 Å². The molecule has 1 aromatic rings. The molecule has 2 rings (SSSR count). The zero-order valence-electron chi connectivity index (χ0n) is 11.0. The summed E-state index contributed by atoms with van der Waals surface area (Å²) >= 11 is 0. The summed E-state index contributed by atoms with van der Waals surface area (Å²) in [7, 11) is 0. The Morgan fingerprint density at radius 1 is 1.22 bits per heavy atom. The maximum absolute atomic E-state index is 10.8. The Morgan fingerprint density at radius 3 is 2.50 bits per heavy atom. The summed E-state index contributed by atoms with van der Waals surface area (Å²) in [5, 5.41) is 12.4. The first kappa shape index (κ1) is 12.9. The standard InChI is InChI=1S/C15H21NO2/c1-10-3-4-11(2)14(9-10)16-13-7-5-12(6-8-13)15(17)18/h5-8,10-11,14,16H,3-4,9H2,1-2H3,(H,17,18). The summed E-state index contributed by atoms with van der Waals surface area (Å²) in [5.41, 5.74) is 1.36. The average Bonchev–Trinajstić information content (AvgIpc) is 2.34. The highest BCUT2D eigenvalue weighted by Gasteiger charge is 2.25. The van der Waals surface area contributed by atoms with E-state index in [1.165, 1.54) is 19.3 Å². The lowest BCUT2D eigenvalue weighted by molar-refractivity contribution is 0.0697. The summed E-state index contributed by atoms with van der Waals surface area (Å²) < 4.78 is 0. The van der Waals surface area contributed by atoms with Crippen LogP contribution in [0.5, 0.6) is 0 Å². The smallest absolute Gasteiger partial charge is 0.335 e. The van der Waals surface area contributed by atoms with Crippen molar-refractivity contribution < 1.29 is 9.90 Å². The van der Waals surface area contributed by atoms with Crippen molar-refractivity contribution in [3.8, 4) is 0 Å². The molecule has 0 heterocycles. The largest absolute Gasteiger partial charge is 0.478 e. The predicted molar refractivity (Wildman–Crippen MR) is 73.0 cm³/mol. The van der Waals surface area contributed by atoms with Crippen LogP contribution in [0.1, 0.15) is 43.5 Å². The van der Waals surface area contributed by atoms with Gasteiger partial charge < -0.3 is 10.4 Å². The molecule has 1 aromatic carbocycles. The lowest BCUT2D eigenvalue weighted by Crippen LogP contribution is -2.33. The topological polar surface area (TPSA) is 49.3 Å². The molecule has 3 unspecified atom stereocenters. The maximum Gasteiger partial charge on any atom is 0.335 e. The highest BCUT2D eigenvalue weighted by molar-refractivity contribution is 5.87. The molecule has 0 amide bonds. The van der Waals surface area contributed by atoms with Gasteiger partial charge in [-0.25, -0.2) is 4.79 Å². The van der Waals surface area contributed by atoms with E-state index in [4.69, 9.17) is 5.11 Å². The minimum Gasteiger partial charge on any atom is -0.478 e. The van der Waals surface area contributed by atoms with Gasteiger partial charge in [-0.1, -0.05) is 20.3 Å². The molecule has 1 saturated carbocycles. The lowest BCUT2D eigenvalue weighted by Gasteiger charge is -2.34. The van der Waals surface area contributed by atoms with Crippen molar-refractivity contribution >= 4 is 11.7 Å². The third-order valence-electron chi connectivity index (χ3n) is 3.94. The van der Waals surface area contributed by atoms with Crippen LogP contribution in [0.2, 0.25) is 0 Å². The van der Waals surface area contributed by atoms with E-state index in [9.17, 15) is 4.79 Å². The third kappa shape index (κ3) is 3.03. The van der Waals surface area contributed by atoms with Crippen molar-refractivity contribution in [3.63, 3.8) is 0 Å². The van der Waals surface area contributed by atoms with Gasteiger partial charge in [0.05, 0.1) is 5.56 Å². The van der Waals surface area contributed by atoms with Crippen LogP contribution < -0.4 is 5.32 Å². The molecule has 3 atom stereocenters. The van der Waals surface area contributed by atoms with Gasteiger partial charge in [0.1, 0.15) is 0 Å². The summed E-state index contributed by atoms with van der Waals surface area (Å²) in [6.07, 6.45) is 3.78. The second-order valence-corrected chi connectivity index (χ2v) is 5.53. The van der Waals surface area contributed by atoms with E-state index in [2.05, 4.69) is 19.2 Å². The van der Waals surface area contributed by atoms with Gasteiger partial charge in [0.15, 0.2) is 0 Å². The number of hydrogen-bond donors (Lipinski definition) is 2. The van der Waals surface area contributed by atoms with E-state index in [-0.39, 0.29) is 0 Å². The summed E-state index contributed by atoms with van der Waals surface area (Å²) in [6.45, 7) is 4.59. The van der Waals surface area contributed by atoms with Crippen molar-refractivity contribution in [2.24, 2.45) is 11.8 Å². The Kier molecular flexibility index (Phi) is 3.90. The van der Waals surface area contributed by atoms with E-state index in [0.717, 1.165) is 11.6 Å². The van der Waals surface area contributed by atoms with Crippen LogP contribution >= 0.6 is 0 Å². The quantitative estimate of drug-likeness (QED) is 0.857. The van der Waals surface area contributed by atoms with Gasteiger partial charge in [-0.05, 0) is 48.9 Å². The Morgan fingerprint density at radius 2 is 1.89 bits per heavy atom. The first-order valence-electron chi connectivity index (χ1n) is 6.66. The molecule has 3 nitrogen and oxygen atoms in total. The zero-order chi connectivity index (χ0) is 13.1. The SMILES string of the molecule is CC1CCC(C)C(Nc2ccc(C(=O)O)cc2)C1. The van der Waals surface area contributed by atoms with Gasteiger partial charge in [-0.15, -0.1) is 0 Å². The zero-order valence-corrected chi connectivity index (χ0v) is 11.0. The molecule has 0 spiro atoms. The predicted octanol–water partition coefficient (Wildman–Crippen LogP) is 3.62. The molecule has 0 bridgehead atoms. The molecule has 1 aliphatic carbocycles. The normalized spacial score (nSPS) is 27.8.